The minimum atomic E-state index is -0.312. The van der Waals surface area contributed by atoms with Gasteiger partial charge in [0.05, 0.1) is 12.7 Å². The number of tetrazole rings is 1. The van der Waals surface area contributed by atoms with E-state index in [2.05, 4.69) is 31.6 Å². The van der Waals surface area contributed by atoms with Gasteiger partial charge in [-0.3, -0.25) is 4.90 Å². The minimum absolute atomic E-state index is 0.312. The van der Waals surface area contributed by atoms with Crippen LogP contribution in [0.25, 0.3) is 5.57 Å². The molecule has 3 rings (SSSR count). The average Bonchev–Trinajstić information content (AvgIpc) is 3.09. The van der Waals surface area contributed by atoms with Crippen LogP contribution in [0.1, 0.15) is 28.2 Å². The highest BCUT2D eigenvalue weighted by Gasteiger charge is 2.17. The van der Waals surface area contributed by atoms with Crippen molar-refractivity contribution in [2.24, 2.45) is 0 Å². The Morgan fingerprint density at radius 2 is 2.36 bits per heavy atom. The number of nitrogens with one attached hydrogen (secondary N) is 1. The number of carbonyl (C=O) groups is 1. The number of rotatable bonds is 4. The second-order valence-corrected chi connectivity index (χ2v) is 5.16. The van der Waals surface area contributed by atoms with Gasteiger partial charge in [-0.25, -0.2) is 4.79 Å². The van der Waals surface area contributed by atoms with Gasteiger partial charge in [0.2, 0.25) is 5.82 Å². The van der Waals surface area contributed by atoms with Gasteiger partial charge in [0.25, 0.3) is 0 Å². The Hall–Kier alpha value is -2.54. The number of nitrogens with zero attached hydrogens (tertiary/aromatic N) is 4. The SMILES string of the molecule is COC(=O)c1cccc(CN2CCC=C(c3nn[nH]n3)C2)c1. The third kappa shape index (κ3) is 3.20. The van der Waals surface area contributed by atoms with Gasteiger partial charge in [0.1, 0.15) is 0 Å². The van der Waals surface area contributed by atoms with Crippen LogP contribution in [0, 0.1) is 0 Å². The Bertz CT molecular complexity index is 681. The van der Waals surface area contributed by atoms with Crippen molar-refractivity contribution in [3.8, 4) is 0 Å². The number of aromatic amines is 1. The molecule has 0 saturated heterocycles. The monoisotopic (exact) mass is 299 g/mol. The first-order valence-corrected chi connectivity index (χ1v) is 7.09. The van der Waals surface area contributed by atoms with Gasteiger partial charge >= 0.3 is 5.97 Å². The standard InChI is InChI=1S/C15H17N5O2/c1-22-15(21)12-5-2-4-11(8-12)9-20-7-3-6-13(10-20)14-16-18-19-17-14/h2,4-6,8H,3,7,9-10H2,1H3,(H,16,17,18,19). The summed E-state index contributed by atoms with van der Waals surface area (Å²) in [7, 11) is 1.39. The van der Waals surface area contributed by atoms with E-state index in [0.29, 0.717) is 11.4 Å². The van der Waals surface area contributed by atoms with Crippen LogP contribution in [0.5, 0.6) is 0 Å². The molecule has 0 aliphatic carbocycles. The third-order valence-corrected chi connectivity index (χ3v) is 3.62. The molecule has 114 valence electrons. The lowest BCUT2D eigenvalue weighted by atomic mass is 10.1. The predicted molar refractivity (Wildman–Crippen MR) is 79.8 cm³/mol. The van der Waals surface area contributed by atoms with Crippen molar-refractivity contribution in [2.45, 2.75) is 13.0 Å². The first-order chi connectivity index (χ1) is 10.8. The molecule has 1 N–H and O–H groups in total. The fraction of sp³-hybridized carbons (Fsp3) is 0.333. The van der Waals surface area contributed by atoms with E-state index in [1.54, 1.807) is 6.07 Å². The molecule has 22 heavy (non-hydrogen) atoms. The minimum Gasteiger partial charge on any atom is -0.465 e. The van der Waals surface area contributed by atoms with Crippen molar-refractivity contribution >= 4 is 11.5 Å². The number of aromatic nitrogens is 4. The molecule has 1 aliphatic rings. The molecule has 0 radical (unpaired) electrons. The Morgan fingerprint density at radius 3 is 3.14 bits per heavy atom. The van der Waals surface area contributed by atoms with Crippen LogP contribution < -0.4 is 0 Å². The van der Waals surface area contributed by atoms with Crippen molar-refractivity contribution in [3.63, 3.8) is 0 Å². The number of carbonyl (C=O) groups excluding carboxylic acids is 1. The van der Waals surface area contributed by atoms with Crippen LogP contribution in [-0.2, 0) is 11.3 Å². The molecule has 7 heteroatoms. The molecule has 0 spiro atoms. The summed E-state index contributed by atoms with van der Waals surface area (Å²) < 4.78 is 4.76. The lowest BCUT2D eigenvalue weighted by molar-refractivity contribution is 0.0600. The summed E-state index contributed by atoms with van der Waals surface area (Å²) in [5.74, 6) is 0.334. The summed E-state index contributed by atoms with van der Waals surface area (Å²) in [6, 6.07) is 7.52. The van der Waals surface area contributed by atoms with Gasteiger partial charge < -0.3 is 4.74 Å². The molecule has 0 bridgehead atoms. The first kappa shape index (κ1) is 14.4. The number of hydrogen-bond donors (Lipinski definition) is 1. The quantitative estimate of drug-likeness (QED) is 0.856. The topological polar surface area (TPSA) is 84.0 Å². The van der Waals surface area contributed by atoms with E-state index in [0.717, 1.165) is 37.2 Å². The summed E-state index contributed by atoms with van der Waals surface area (Å²) in [5.41, 5.74) is 2.73. The van der Waals surface area contributed by atoms with Crippen molar-refractivity contribution in [2.75, 3.05) is 20.2 Å². The number of esters is 1. The zero-order valence-corrected chi connectivity index (χ0v) is 12.3. The van der Waals surface area contributed by atoms with E-state index in [-0.39, 0.29) is 5.97 Å². The average molecular weight is 299 g/mol. The molecular formula is C15H17N5O2. The van der Waals surface area contributed by atoms with E-state index in [1.807, 2.05) is 18.2 Å². The Kier molecular flexibility index (Phi) is 4.24. The maximum Gasteiger partial charge on any atom is 0.337 e. The summed E-state index contributed by atoms with van der Waals surface area (Å²) in [5, 5.41) is 14.1. The number of benzene rings is 1. The maximum atomic E-state index is 11.6. The molecule has 1 aliphatic heterocycles. The van der Waals surface area contributed by atoms with Gasteiger partial charge in [-0.1, -0.05) is 18.2 Å². The lowest BCUT2D eigenvalue weighted by Crippen LogP contribution is -2.29. The van der Waals surface area contributed by atoms with Crippen molar-refractivity contribution < 1.29 is 9.53 Å². The van der Waals surface area contributed by atoms with Crippen LogP contribution in [0.15, 0.2) is 30.3 Å². The number of H-pyrrole nitrogens is 1. The van der Waals surface area contributed by atoms with Crippen molar-refractivity contribution in [1.82, 2.24) is 25.5 Å². The van der Waals surface area contributed by atoms with Crippen molar-refractivity contribution in [3.05, 3.63) is 47.3 Å². The van der Waals surface area contributed by atoms with Crippen LogP contribution >= 0.6 is 0 Å². The summed E-state index contributed by atoms with van der Waals surface area (Å²) in [4.78, 5) is 13.9. The van der Waals surface area contributed by atoms with Gasteiger partial charge in [0.15, 0.2) is 0 Å². The van der Waals surface area contributed by atoms with E-state index < -0.39 is 0 Å². The molecule has 7 nitrogen and oxygen atoms in total. The van der Waals surface area contributed by atoms with Gasteiger partial charge in [-0.2, -0.15) is 5.21 Å². The fourth-order valence-electron chi connectivity index (χ4n) is 2.57. The molecule has 1 aromatic heterocycles. The second-order valence-electron chi connectivity index (χ2n) is 5.16. The summed E-state index contributed by atoms with van der Waals surface area (Å²) in [6.45, 7) is 2.49. The Balaban J connectivity index is 1.69. The van der Waals surface area contributed by atoms with Crippen LogP contribution in [0.4, 0.5) is 0 Å². The zero-order chi connectivity index (χ0) is 15.4. The van der Waals surface area contributed by atoms with E-state index >= 15 is 0 Å². The van der Waals surface area contributed by atoms with Gasteiger partial charge in [-0.05, 0) is 29.3 Å². The fourth-order valence-corrected chi connectivity index (χ4v) is 2.57. The largest absolute Gasteiger partial charge is 0.465 e. The first-order valence-electron chi connectivity index (χ1n) is 7.09. The lowest BCUT2D eigenvalue weighted by Gasteiger charge is -2.26. The highest BCUT2D eigenvalue weighted by atomic mass is 16.5. The zero-order valence-electron chi connectivity index (χ0n) is 12.3. The highest BCUT2D eigenvalue weighted by molar-refractivity contribution is 5.89. The van der Waals surface area contributed by atoms with E-state index in [4.69, 9.17) is 4.74 Å². The number of hydrogen-bond acceptors (Lipinski definition) is 6. The smallest absolute Gasteiger partial charge is 0.337 e. The molecule has 0 saturated carbocycles. The van der Waals surface area contributed by atoms with Crippen LogP contribution in [-0.4, -0.2) is 51.7 Å². The highest BCUT2D eigenvalue weighted by Crippen LogP contribution is 2.19. The number of methoxy groups -OCH3 is 1. The molecular weight excluding hydrogens is 282 g/mol. The van der Waals surface area contributed by atoms with E-state index in [1.165, 1.54) is 7.11 Å². The second kappa shape index (κ2) is 6.48. The maximum absolute atomic E-state index is 11.6. The summed E-state index contributed by atoms with van der Waals surface area (Å²) >= 11 is 0. The van der Waals surface area contributed by atoms with E-state index in [9.17, 15) is 4.79 Å². The predicted octanol–water partition coefficient (Wildman–Crippen LogP) is 1.28. The van der Waals surface area contributed by atoms with Gasteiger partial charge in [-0.15, -0.1) is 10.2 Å². The molecule has 1 aromatic carbocycles. The molecule has 0 atom stereocenters. The third-order valence-electron chi connectivity index (χ3n) is 3.62. The van der Waals surface area contributed by atoms with Crippen molar-refractivity contribution in [1.29, 1.82) is 0 Å². The molecule has 2 heterocycles. The Labute approximate surface area is 128 Å². The molecule has 2 aromatic rings. The molecule has 0 unspecified atom stereocenters. The molecule has 0 amide bonds. The van der Waals surface area contributed by atoms with Crippen LogP contribution in [0.2, 0.25) is 0 Å². The Morgan fingerprint density at radius 1 is 1.45 bits per heavy atom. The summed E-state index contributed by atoms with van der Waals surface area (Å²) in [6.07, 6.45) is 3.09. The van der Waals surface area contributed by atoms with Crippen LogP contribution in [0.3, 0.4) is 0 Å². The molecule has 0 fully saturated rings. The number of ether oxygens (including phenoxy) is 1. The van der Waals surface area contributed by atoms with Gasteiger partial charge in [0, 0.05) is 25.2 Å². The normalized spacial score (nSPS) is 15.4.